The molecule has 1 aliphatic heterocycles. The number of hydrogen-bond acceptors (Lipinski definition) is 7. The van der Waals surface area contributed by atoms with E-state index in [2.05, 4.69) is 15.2 Å². The Hall–Kier alpha value is -3.00. The molecule has 1 aromatic heterocycles. The fourth-order valence-corrected chi connectivity index (χ4v) is 3.21. The Morgan fingerprint density at radius 2 is 1.79 bits per heavy atom. The number of amides is 1. The van der Waals surface area contributed by atoms with Crippen molar-refractivity contribution in [2.75, 3.05) is 57.8 Å². The number of ether oxygens (including phenoxy) is 4. The molecular weight excluding hydrogens is 374 g/mol. The van der Waals surface area contributed by atoms with Gasteiger partial charge in [-0.15, -0.1) is 0 Å². The zero-order chi connectivity index (χ0) is 20.6. The maximum absolute atomic E-state index is 12.3. The van der Waals surface area contributed by atoms with Crippen molar-refractivity contribution in [1.29, 1.82) is 0 Å². The van der Waals surface area contributed by atoms with E-state index < -0.39 is 0 Å². The summed E-state index contributed by atoms with van der Waals surface area (Å²) in [6, 6.07) is 7.49. The van der Waals surface area contributed by atoms with Crippen LogP contribution in [-0.4, -0.2) is 58.5 Å². The van der Waals surface area contributed by atoms with Gasteiger partial charge in [0.2, 0.25) is 11.7 Å². The minimum Gasteiger partial charge on any atom is -0.493 e. The van der Waals surface area contributed by atoms with E-state index in [1.54, 1.807) is 27.5 Å². The van der Waals surface area contributed by atoms with Crippen LogP contribution in [-0.2, 0) is 16.0 Å². The van der Waals surface area contributed by atoms with Gasteiger partial charge >= 0.3 is 0 Å². The monoisotopic (exact) mass is 401 g/mol. The number of aromatic nitrogens is 1. The molecule has 8 heteroatoms. The first-order valence-corrected chi connectivity index (χ1v) is 9.52. The number of morpholine rings is 1. The lowest BCUT2D eigenvalue weighted by molar-refractivity contribution is -0.116. The quantitative estimate of drug-likeness (QED) is 0.728. The van der Waals surface area contributed by atoms with Crippen LogP contribution in [0.3, 0.4) is 0 Å². The van der Waals surface area contributed by atoms with E-state index in [1.807, 2.05) is 24.3 Å². The molecule has 0 spiro atoms. The highest BCUT2D eigenvalue weighted by Crippen LogP contribution is 2.38. The molecule has 1 amide bonds. The molecule has 1 N–H and O–H groups in total. The molecule has 0 bridgehead atoms. The predicted octanol–water partition coefficient (Wildman–Crippen LogP) is 2.52. The minimum absolute atomic E-state index is 0.106. The first-order valence-electron chi connectivity index (χ1n) is 9.52. The average molecular weight is 401 g/mol. The molecule has 29 heavy (non-hydrogen) atoms. The maximum atomic E-state index is 12.3. The van der Waals surface area contributed by atoms with Gasteiger partial charge in [-0.05, 0) is 36.2 Å². The lowest BCUT2D eigenvalue weighted by atomic mass is 10.1. The van der Waals surface area contributed by atoms with Crippen molar-refractivity contribution >= 4 is 17.4 Å². The predicted molar refractivity (Wildman–Crippen MR) is 110 cm³/mol. The third-order valence-electron chi connectivity index (χ3n) is 4.76. The van der Waals surface area contributed by atoms with Gasteiger partial charge in [0.1, 0.15) is 5.82 Å². The smallest absolute Gasteiger partial charge is 0.225 e. The molecule has 1 fully saturated rings. The van der Waals surface area contributed by atoms with E-state index in [4.69, 9.17) is 18.9 Å². The lowest BCUT2D eigenvalue weighted by Gasteiger charge is -2.28. The summed E-state index contributed by atoms with van der Waals surface area (Å²) in [5.41, 5.74) is 1.95. The first-order chi connectivity index (χ1) is 14.1. The Balaban J connectivity index is 1.57. The molecule has 0 atom stereocenters. The second-order valence-electron chi connectivity index (χ2n) is 6.58. The molecule has 2 aromatic rings. The van der Waals surface area contributed by atoms with Gasteiger partial charge in [-0.2, -0.15) is 0 Å². The molecule has 1 aliphatic rings. The van der Waals surface area contributed by atoms with Crippen molar-refractivity contribution in [2.45, 2.75) is 12.8 Å². The largest absolute Gasteiger partial charge is 0.493 e. The Labute approximate surface area is 170 Å². The van der Waals surface area contributed by atoms with Crippen molar-refractivity contribution in [2.24, 2.45) is 0 Å². The molecule has 1 aromatic carbocycles. The minimum atomic E-state index is -0.106. The van der Waals surface area contributed by atoms with E-state index in [0.717, 1.165) is 37.6 Å². The van der Waals surface area contributed by atoms with Crippen LogP contribution in [0.15, 0.2) is 30.5 Å². The third kappa shape index (κ3) is 5.29. The van der Waals surface area contributed by atoms with Crippen LogP contribution < -0.4 is 24.4 Å². The number of methoxy groups -OCH3 is 3. The number of aryl methyl sites for hydroxylation is 1. The molecule has 2 heterocycles. The van der Waals surface area contributed by atoms with Crippen molar-refractivity contribution in [1.82, 2.24) is 4.98 Å². The Kier molecular flexibility index (Phi) is 7.13. The number of carbonyl (C=O) groups is 1. The van der Waals surface area contributed by atoms with E-state index in [9.17, 15) is 4.79 Å². The summed E-state index contributed by atoms with van der Waals surface area (Å²) < 4.78 is 21.4. The topological polar surface area (TPSA) is 82.2 Å². The molecule has 3 rings (SSSR count). The van der Waals surface area contributed by atoms with Gasteiger partial charge in [0, 0.05) is 19.5 Å². The number of carbonyl (C=O) groups excluding carboxylic acids is 1. The van der Waals surface area contributed by atoms with Crippen LogP contribution in [0.5, 0.6) is 17.2 Å². The summed E-state index contributed by atoms with van der Waals surface area (Å²) in [7, 11) is 4.70. The van der Waals surface area contributed by atoms with Crippen molar-refractivity contribution < 1.29 is 23.7 Å². The van der Waals surface area contributed by atoms with E-state index in [1.165, 1.54) is 0 Å². The van der Waals surface area contributed by atoms with E-state index in [0.29, 0.717) is 35.9 Å². The number of benzene rings is 1. The Bertz CT molecular complexity index is 795. The fraction of sp³-hybridized carbons (Fsp3) is 0.429. The Morgan fingerprint density at radius 3 is 2.34 bits per heavy atom. The van der Waals surface area contributed by atoms with Crippen LogP contribution in [0.25, 0.3) is 0 Å². The Morgan fingerprint density at radius 1 is 1.10 bits per heavy atom. The summed E-state index contributed by atoms with van der Waals surface area (Å²) in [6.07, 6.45) is 2.63. The van der Waals surface area contributed by atoms with Crippen molar-refractivity contribution in [3.8, 4) is 17.2 Å². The number of anilines is 2. The lowest BCUT2D eigenvalue weighted by Crippen LogP contribution is -2.36. The molecule has 8 nitrogen and oxygen atoms in total. The summed E-state index contributed by atoms with van der Waals surface area (Å²) in [6.45, 7) is 3.14. The SMILES string of the molecule is COc1cc(CCC(=O)Nc2ccc(N3CCOCC3)cn2)cc(OC)c1OC. The van der Waals surface area contributed by atoms with Crippen LogP contribution >= 0.6 is 0 Å². The number of rotatable bonds is 8. The van der Waals surface area contributed by atoms with Gasteiger partial charge in [-0.3, -0.25) is 4.79 Å². The second kappa shape index (κ2) is 9.97. The van der Waals surface area contributed by atoms with Crippen molar-refractivity contribution in [3.05, 3.63) is 36.0 Å². The number of nitrogens with zero attached hydrogens (tertiary/aromatic N) is 2. The van der Waals surface area contributed by atoms with E-state index >= 15 is 0 Å². The van der Waals surface area contributed by atoms with Crippen molar-refractivity contribution in [3.63, 3.8) is 0 Å². The standard InChI is InChI=1S/C21H27N3O5/c1-26-17-12-15(13-18(27-2)21(17)28-3)4-7-20(25)23-19-6-5-16(14-22-19)24-8-10-29-11-9-24/h5-6,12-14H,4,7-11H2,1-3H3,(H,22,23,25). The summed E-state index contributed by atoms with van der Waals surface area (Å²) in [4.78, 5) is 18.9. The second-order valence-corrected chi connectivity index (χ2v) is 6.58. The van der Waals surface area contributed by atoms with Gasteiger partial charge in [-0.25, -0.2) is 4.98 Å². The summed E-state index contributed by atoms with van der Waals surface area (Å²) in [5.74, 6) is 2.11. The van der Waals surface area contributed by atoms with Gasteiger partial charge in [0.15, 0.2) is 11.5 Å². The first kappa shape index (κ1) is 20.7. The number of nitrogens with one attached hydrogen (secondary N) is 1. The molecule has 156 valence electrons. The van der Waals surface area contributed by atoms with Crippen LogP contribution in [0.2, 0.25) is 0 Å². The zero-order valence-corrected chi connectivity index (χ0v) is 17.1. The molecule has 0 saturated carbocycles. The average Bonchev–Trinajstić information content (AvgIpc) is 2.78. The third-order valence-corrected chi connectivity index (χ3v) is 4.76. The van der Waals surface area contributed by atoms with Gasteiger partial charge in [-0.1, -0.05) is 0 Å². The van der Waals surface area contributed by atoms with E-state index in [-0.39, 0.29) is 5.91 Å². The zero-order valence-electron chi connectivity index (χ0n) is 17.1. The van der Waals surface area contributed by atoms with Gasteiger partial charge in [0.05, 0.1) is 46.4 Å². The molecule has 0 unspecified atom stereocenters. The summed E-state index contributed by atoms with van der Waals surface area (Å²) >= 11 is 0. The summed E-state index contributed by atoms with van der Waals surface area (Å²) in [5, 5.41) is 2.84. The van der Waals surface area contributed by atoms with Crippen LogP contribution in [0.4, 0.5) is 11.5 Å². The molecule has 0 aliphatic carbocycles. The number of hydrogen-bond donors (Lipinski definition) is 1. The van der Waals surface area contributed by atoms with Gasteiger partial charge in [0.25, 0.3) is 0 Å². The molecule has 1 saturated heterocycles. The highest BCUT2D eigenvalue weighted by atomic mass is 16.5. The van der Waals surface area contributed by atoms with Crippen LogP contribution in [0.1, 0.15) is 12.0 Å². The maximum Gasteiger partial charge on any atom is 0.225 e. The highest BCUT2D eigenvalue weighted by molar-refractivity contribution is 5.90. The van der Waals surface area contributed by atoms with Gasteiger partial charge < -0.3 is 29.2 Å². The number of pyridine rings is 1. The highest BCUT2D eigenvalue weighted by Gasteiger charge is 2.15. The fourth-order valence-electron chi connectivity index (χ4n) is 3.21. The van der Waals surface area contributed by atoms with Crippen LogP contribution in [0, 0.1) is 0 Å². The molecular formula is C21H27N3O5. The normalized spacial score (nSPS) is 13.7. The molecule has 0 radical (unpaired) electrons.